The highest BCUT2D eigenvalue weighted by Crippen LogP contribution is 1.95. The highest BCUT2D eigenvalue weighted by atomic mass is 32.2. The second-order valence-electron chi connectivity index (χ2n) is 3.70. The molecule has 0 saturated heterocycles. The number of ether oxygens (including phenoxy) is 1. The maximum atomic E-state index is 10.7. The Hall–Kier alpha value is -0.170. The molecule has 92 valence electrons. The van der Waals surface area contributed by atoms with E-state index in [1.165, 1.54) is 0 Å². The summed E-state index contributed by atoms with van der Waals surface area (Å²) in [5.74, 6) is 0. The molecule has 0 spiro atoms. The monoisotopic (exact) mass is 238 g/mol. The van der Waals surface area contributed by atoms with Gasteiger partial charge in [-0.05, 0) is 26.8 Å². The Labute approximate surface area is 92.6 Å². The van der Waals surface area contributed by atoms with Gasteiger partial charge < -0.3 is 10.1 Å². The fourth-order valence-electron chi connectivity index (χ4n) is 1.05. The van der Waals surface area contributed by atoms with Crippen molar-refractivity contribution in [3.8, 4) is 0 Å². The van der Waals surface area contributed by atoms with Gasteiger partial charge >= 0.3 is 0 Å². The highest BCUT2D eigenvalue weighted by Gasteiger charge is 2.09. The Balaban J connectivity index is 3.47. The molecule has 0 aliphatic heterocycles. The molecule has 15 heavy (non-hydrogen) atoms. The Morgan fingerprint density at radius 2 is 1.87 bits per heavy atom. The lowest BCUT2D eigenvalue weighted by Gasteiger charge is -2.19. The summed E-state index contributed by atoms with van der Waals surface area (Å²) < 4.78 is 29.1. The maximum Gasteiger partial charge on any atom is 0.208 e. The molecule has 0 saturated carbocycles. The quantitative estimate of drug-likeness (QED) is 0.581. The molecule has 0 aromatic rings. The van der Waals surface area contributed by atoms with Crippen LogP contribution in [-0.2, 0) is 14.8 Å². The van der Waals surface area contributed by atoms with Crippen LogP contribution in [0.4, 0.5) is 0 Å². The number of sulfonamides is 1. The number of hydrogen-bond acceptors (Lipinski definition) is 4. The highest BCUT2D eigenvalue weighted by molar-refractivity contribution is 7.88. The Kier molecular flexibility index (Phi) is 7.08. The molecule has 0 bridgehead atoms. The molecule has 0 aliphatic rings. The van der Waals surface area contributed by atoms with Crippen LogP contribution in [0.15, 0.2) is 0 Å². The summed E-state index contributed by atoms with van der Waals surface area (Å²) in [6, 6.07) is 0.272. The molecule has 0 aromatic carbocycles. The van der Waals surface area contributed by atoms with E-state index in [1.54, 1.807) is 7.11 Å². The molecule has 0 aliphatic carbocycles. The van der Waals surface area contributed by atoms with Crippen LogP contribution >= 0.6 is 0 Å². The van der Waals surface area contributed by atoms with E-state index in [1.807, 2.05) is 13.8 Å². The average molecular weight is 238 g/mol. The molecule has 0 rings (SSSR count). The van der Waals surface area contributed by atoms with Crippen molar-refractivity contribution >= 4 is 10.0 Å². The molecule has 2 N–H and O–H groups in total. The van der Waals surface area contributed by atoms with Crippen LogP contribution in [0.5, 0.6) is 0 Å². The summed E-state index contributed by atoms with van der Waals surface area (Å²) in [5.41, 5.74) is 0. The first-order valence-corrected chi connectivity index (χ1v) is 6.96. The minimum absolute atomic E-state index is 0.160. The Bertz CT molecular complexity index is 254. The van der Waals surface area contributed by atoms with Crippen molar-refractivity contribution in [3.63, 3.8) is 0 Å². The minimum atomic E-state index is -3.05. The van der Waals surface area contributed by atoms with Crippen LogP contribution in [0, 0.1) is 0 Å². The van der Waals surface area contributed by atoms with Crippen molar-refractivity contribution in [2.75, 3.05) is 26.5 Å². The largest absolute Gasteiger partial charge is 0.380 e. The maximum absolute atomic E-state index is 10.7. The second kappa shape index (κ2) is 7.16. The number of rotatable bonds is 8. The number of nitrogens with one attached hydrogen (secondary N) is 2. The van der Waals surface area contributed by atoms with Crippen LogP contribution in [0.2, 0.25) is 0 Å². The van der Waals surface area contributed by atoms with Crippen LogP contribution in [0.1, 0.15) is 20.3 Å². The van der Waals surface area contributed by atoms with Gasteiger partial charge in [-0.15, -0.1) is 0 Å². The average Bonchev–Trinajstić information content (AvgIpc) is 2.14. The van der Waals surface area contributed by atoms with Gasteiger partial charge in [0.2, 0.25) is 10.0 Å². The van der Waals surface area contributed by atoms with Crippen LogP contribution in [0.3, 0.4) is 0 Å². The molecule has 5 nitrogen and oxygen atoms in total. The third-order valence-electron chi connectivity index (χ3n) is 2.26. The summed E-state index contributed by atoms with van der Waals surface area (Å²) in [4.78, 5) is 0. The first-order chi connectivity index (χ1) is 6.87. The standard InChI is InChI=1S/C9H22N2O3S/c1-8(9(2)14-3)10-6-5-7-11-15(4,12)13/h8-11H,5-7H2,1-4H3. The normalized spacial score (nSPS) is 16.3. The molecule has 6 heteroatoms. The van der Waals surface area contributed by atoms with E-state index in [2.05, 4.69) is 10.0 Å². The fraction of sp³-hybridized carbons (Fsp3) is 1.00. The molecule has 2 unspecified atom stereocenters. The van der Waals surface area contributed by atoms with Gasteiger partial charge in [0.25, 0.3) is 0 Å². The summed E-state index contributed by atoms with van der Waals surface area (Å²) in [6.07, 6.45) is 2.09. The van der Waals surface area contributed by atoms with Gasteiger partial charge in [0.05, 0.1) is 12.4 Å². The number of methoxy groups -OCH3 is 1. The van der Waals surface area contributed by atoms with Crippen molar-refractivity contribution in [1.29, 1.82) is 0 Å². The fourth-order valence-corrected chi connectivity index (χ4v) is 1.56. The molecule has 0 heterocycles. The third-order valence-corrected chi connectivity index (χ3v) is 2.99. The lowest BCUT2D eigenvalue weighted by atomic mass is 10.2. The van der Waals surface area contributed by atoms with Crippen LogP contribution in [-0.4, -0.2) is 47.0 Å². The molecule has 0 amide bonds. The van der Waals surface area contributed by atoms with Gasteiger partial charge in [-0.2, -0.15) is 0 Å². The lowest BCUT2D eigenvalue weighted by Crippen LogP contribution is -2.38. The Morgan fingerprint density at radius 1 is 1.27 bits per heavy atom. The van der Waals surface area contributed by atoms with Gasteiger partial charge in [0, 0.05) is 19.7 Å². The summed E-state index contributed by atoms with van der Waals surface area (Å²) in [5, 5.41) is 3.26. The van der Waals surface area contributed by atoms with E-state index in [0.717, 1.165) is 19.2 Å². The van der Waals surface area contributed by atoms with Crippen molar-refractivity contribution in [2.24, 2.45) is 0 Å². The Morgan fingerprint density at radius 3 is 2.33 bits per heavy atom. The van der Waals surface area contributed by atoms with E-state index in [4.69, 9.17) is 4.74 Å². The third kappa shape index (κ3) is 8.80. The first-order valence-electron chi connectivity index (χ1n) is 5.07. The first kappa shape index (κ1) is 14.8. The smallest absolute Gasteiger partial charge is 0.208 e. The van der Waals surface area contributed by atoms with Crippen molar-refractivity contribution in [1.82, 2.24) is 10.0 Å². The van der Waals surface area contributed by atoms with Crippen LogP contribution in [0.25, 0.3) is 0 Å². The molecular weight excluding hydrogens is 216 g/mol. The number of hydrogen-bond donors (Lipinski definition) is 2. The van der Waals surface area contributed by atoms with E-state index in [0.29, 0.717) is 6.54 Å². The van der Waals surface area contributed by atoms with Crippen molar-refractivity contribution < 1.29 is 13.2 Å². The zero-order valence-electron chi connectivity index (χ0n) is 9.91. The van der Waals surface area contributed by atoms with Gasteiger partial charge in [0.1, 0.15) is 0 Å². The van der Waals surface area contributed by atoms with Crippen molar-refractivity contribution in [3.05, 3.63) is 0 Å². The summed E-state index contributed by atoms with van der Waals surface area (Å²) >= 11 is 0. The van der Waals surface area contributed by atoms with Gasteiger partial charge in [-0.25, -0.2) is 13.1 Å². The van der Waals surface area contributed by atoms with E-state index in [-0.39, 0.29) is 12.1 Å². The van der Waals surface area contributed by atoms with Gasteiger partial charge in [-0.1, -0.05) is 0 Å². The second-order valence-corrected chi connectivity index (χ2v) is 5.54. The molecule has 2 atom stereocenters. The summed E-state index contributed by atoms with van der Waals surface area (Å²) in [7, 11) is -1.37. The summed E-state index contributed by atoms with van der Waals surface area (Å²) in [6.45, 7) is 5.28. The van der Waals surface area contributed by atoms with E-state index in [9.17, 15) is 8.42 Å². The van der Waals surface area contributed by atoms with Gasteiger partial charge in [0.15, 0.2) is 0 Å². The zero-order valence-corrected chi connectivity index (χ0v) is 10.7. The molecule has 0 radical (unpaired) electrons. The van der Waals surface area contributed by atoms with E-state index >= 15 is 0 Å². The van der Waals surface area contributed by atoms with E-state index < -0.39 is 10.0 Å². The SMILES string of the molecule is COC(C)C(C)NCCCNS(C)(=O)=O. The molecule has 0 aromatic heterocycles. The van der Waals surface area contributed by atoms with Gasteiger partial charge in [-0.3, -0.25) is 0 Å². The topological polar surface area (TPSA) is 67.4 Å². The molecular formula is C9H22N2O3S. The van der Waals surface area contributed by atoms with Crippen LogP contribution < -0.4 is 10.0 Å². The van der Waals surface area contributed by atoms with Crippen molar-refractivity contribution in [2.45, 2.75) is 32.4 Å². The predicted molar refractivity (Wildman–Crippen MR) is 61.4 cm³/mol. The predicted octanol–water partition coefficient (Wildman–Crippen LogP) is -0.0613. The lowest BCUT2D eigenvalue weighted by molar-refractivity contribution is 0.0888. The zero-order chi connectivity index (χ0) is 11.9. The molecule has 0 fully saturated rings. The minimum Gasteiger partial charge on any atom is -0.380 e.